The summed E-state index contributed by atoms with van der Waals surface area (Å²) >= 11 is 1.54. The predicted molar refractivity (Wildman–Crippen MR) is 142 cm³/mol. The molecule has 3 aromatic heterocycles. The van der Waals surface area contributed by atoms with Crippen LogP contribution in [-0.4, -0.2) is 33.9 Å². The second-order valence-electron chi connectivity index (χ2n) is 8.97. The van der Waals surface area contributed by atoms with E-state index in [4.69, 9.17) is 4.98 Å². The van der Waals surface area contributed by atoms with Crippen LogP contribution in [0.5, 0.6) is 0 Å². The average Bonchev–Trinajstić information content (AvgIpc) is 3.57. The number of carbonyl (C=O) groups excluding carboxylic acids is 1. The third-order valence-corrected chi connectivity index (χ3v) is 7.56. The number of aromatic nitrogens is 3. The fourth-order valence-corrected chi connectivity index (χ4v) is 5.54. The van der Waals surface area contributed by atoms with E-state index in [0.29, 0.717) is 11.4 Å². The summed E-state index contributed by atoms with van der Waals surface area (Å²) in [5.74, 6) is 0.510. The molecule has 1 amide bonds. The number of amides is 1. The molecular formula is C28H25N5OS. The third kappa shape index (κ3) is 4.65. The van der Waals surface area contributed by atoms with E-state index in [9.17, 15) is 4.79 Å². The molecule has 7 heteroatoms. The van der Waals surface area contributed by atoms with Gasteiger partial charge in [0.2, 0.25) is 0 Å². The molecule has 0 bridgehead atoms. The monoisotopic (exact) mass is 479 g/mol. The minimum absolute atomic E-state index is 0.244. The highest BCUT2D eigenvalue weighted by Gasteiger charge is 2.17. The highest BCUT2D eigenvalue weighted by Crippen LogP contribution is 2.34. The Labute approximate surface area is 207 Å². The fraction of sp³-hybridized carbons (Fsp3) is 0.214. The van der Waals surface area contributed by atoms with Crippen LogP contribution in [0.25, 0.3) is 31.8 Å². The molecule has 0 unspecified atom stereocenters. The maximum atomic E-state index is 13.0. The summed E-state index contributed by atoms with van der Waals surface area (Å²) in [6, 6.07) is 21.4. The SMILES string of the molecule is O=C(Nc1ccccc1-c1nc2cc(CC[C@H]3CCNC3)cnc2s1)c1ccc2ccccc2n1. The van der Waals surface area contributed by atoms with Gasteiger partial charge in [0.1, 0.15) is 21.0 Å². The highest BCUT2D eigenvalue weighted by molar-refractivity contribution is 7.21. The molecule has 1 saturated heterocycles. The van der Waals surface area contributed by atoms with Crippen LogP contribution in [0.1, 0.15) is 28.9 Å². The number of aryl methyl sites for hydroxylation is 1. The Kier molecular flexibility index (Phi) is 5.94. The van der Waals surface area contributed by atoms with E-state index in [0.717, 1.165) is 57.2 Å². The zero-order valence-electron chi connectivity index (χ0n) is 19.2. The Morgan fingerprint density at radius 2 is 1.91 bits per heavy atom. The number of rotatable bonds is 6. The van der Waals surface area contributed by atoms with Crippen molar-refractivity contribution in [3.63, 3.8) is 0 Å². The van der Waals surface area contributed by atoms with Crippen molar-refractivity contribution >= 4 is 44.2 Å². The predicted octanol–water partition coefficient (Wildman–Crippen LogP) is 5.70. The van der Waals surface area contributed by atoms with Crippen molar-refractivity contribution in [1.82, 2.24) is 20.3 Å². The van der Waals surface area contributed by atoms with Crippen LogP contribution in [0, 0.1) is 5.92 Å². The summed E-state index contributed by atoms with van der Waals surface area (Å²) in [7, 11) is 0. The molecule has 4 heterocycles. The normalized spacial score (nSPS) is 15.6. The van der Waals surface area contributed by atoms with Crippen molar-refractivity contribution in [2.24, 2.45) is 5.92 Å². The van der Waals surface area contributed by atoms with Gasteiger partial charge in [-0.05, 0) is 74.2 Å². The number of fused-ring (bicyclic) bond motifs is 2. The van der Waals surface area contributed by atoms with E-state index in [2.05, 4.69) is 26.7 Å². The zero-order chi connectivity index (χ0) is 23.6. The molecule has 5 aromatic rings. The molecule has 0 radical (unpaired) electrons. The van der Waals surface area contributed by atoms with E-state index < -0.39 is 0 Å². The lowest BCUT2D eigenvalue weighted by atomic mass is 10.00. The highest BCUT2D eigenvalue weighted by atomic mass is 32.1. The van der Waals surface area contributed by atoms with E-state index >= 15 is 0 Å². The van der Waals surface area contributed by atoms with E-state index in [1.165, 1.54) is 18.4 Å². The van der Waals surface area contributed by atoms with Crippen molar-refractivity contribution in [3.8, 4) is 10.6 Å². The second-order valence-corrected chi connectivity index (χ2v) is 9.95. The van der Waals surface area contributed by atoms with Crippen molar-refractivity contribution in [1.29, 1.82) is 0 Å². The van der Waals surface area contributed by atoms with Gasteiger partial charge in [0.05, 0.1) is 11.2 Å². The van der Waals surface area contributed by atoms with Gasteiger partial charge >= 0.3 is 0 Å². The Hall–Kier alpha value is -3.68. The number of carbonyl (C=O) groups is 1. The first-order chi connectivity index (χ1) is 17.2. The lowest BCUT2D eigenvalue weighted by molar-refractivity contribution is 0.102. The molecule has 6 rings (SSSR count). The van der Waals surface area contributed by atoms with Crippen LogP contribution in [0.2, 0.25) is 0 Å². The Balaban J connectivity index is 1.24. The van der Waals surface area contributed by atoms with Gasteiger partial charge < -0.3 is 10.6 Å². The molecule has 1 aliphatic heterocycles. The first kappa shape index (κ1) is 21.8. The van der Waals surface area contributed by atoms with Crippen LogP contribution in [0.3, 0.4) is 0 Å². The number of benzene rings is 2. The van der Waals surface area contributed by atoms with Crippen LogP contribution in [0.15, 0.2) is 72.9 Å². The molecule has 2 N–H and O–H groups in total. The molecule has 1 aliphatic rings. The van der Waals surface area contributed by atoms with Gasteiger partial charge in [-0.3, -0.25) is 4.79 Å². The molecule has 2 aromatic carbocycles. The number of thiazole rings is 1. The lowest BCUT2D eigenvalue weighted by Crippen LogP contribution is -2.14. The number of anilines is 1. The van der Waals surface area contributed by atoms with Gasteiger partial charge in [-0.2, -0.15) is 0 Å². The van der Waals surface area contributed by atoms with E-state index in [-0.39, 0.29) is 5.91 Å². The Morgan fingerprint density at radius 1 is 1.03 bits per heavy atom. The average molecular weight is 480 g/mol. The van der Waals surface area contributed by atoms with Gasteiger partial charge in [0.25, 0.3) is 5.91 Å². The summed E-state index contributed by atoms with van der Waals surface area (Å²) in [6.07, 6.45) is 5.43. The molecule has 1 fully saturated rings. The topological polar surface area (TPSA) is 79.8 Å². The fourth-order valence-electron chi connectivity index (χ4n) is 4.61. The number of nitrogens with zero attached hydrogens (tertiary/aromatic N) is 3. The molecule has 174 valence electrons. The molecule has 0 saturated carbocycles. The number of hydrogen-bond donors (Lipinski definition) is 2. The quantitative estimate of drug-likeness (QED) is 0.327. The maximum absolute atomic E-state index is 13.0. The maximum Gasteiger partial charge on any atom is 0.274 e. The summed E-state index contributed by atoms with van der Waals surface area (Å²) in [4.78, 5) is 28.0. The smallest absolute Gasteiger partial charge is 0.274 e. The minimum atomic E-state index is -0.244. The van der Waals surface area contributed by atoms with Crippen LogP contribution < -0.4 is 10.6 Å². The second kappa shape index (κ2) is 9.52. The standard InChI is InChI=1S/C28H25N5OS/c34-26(24-12-11-20-5-1-3-7-22(20)31-24)32-23-8-4-2-6-21(23)27-33-25-15-19(17-30-28(25)35-27)10-9-18-13-14-29-16-18/h1-8,11-12,15,17-18,29H,9-10,13-14,16H2,(H,32,34)/t18-/m0/s1. The van der Waals surface area contributed by atoms with Crippen molar-refractivity contribution in [2.75, 3.05) is 18.4 Å². The first-order valence-corrected chi connectivity index (χ1v) is 12.8. The van der Waals surface area contributed by atoms with Gasteiger partial charge in [0, 0.05) is 17.1 Å². The van der Waals surface area contributed by atoms with E-state index in [1.54, 1.807) is 17.4 Å². The number of nitrogens with one attached hydrogen (secondary N) is 2. The summed E-state index contributed by atoms with van der Waals surface area (Å²) < 4.78 is 0. The minimum Gasteiger partial charge on any atom is -0.320 e. The molecule has 0 spiro atoms. The summed E-state index contributed by atoms with van der Waals surface area (Å²) in [6.45, 7) is 2.25. The number of hydrogen-bond acceptors (Lipinski definition) is 6. The van der Waals surface area contributed by atoms with Crippen LogP contribution in [0.4, 0.5) is 5.69 Å². The lowest BCUT2D eigenvalue weighted by Gasteiger charge is -2.09. The zero-order valence-corrected chi connectivity index (χ0v) is 20.0. The Morgan fingerprint density at radius 3 is 2.83 bits per heavy atom. The van der Waals surface area contributed by atoms with Gasteiger partial charge in [-0.15, -0.1) is 0 Å². The van der Waals surface area contributed by atoms with Gasteiger partial charge in [0.15, 0.2) is 0 Å². The van der Waals surface area contributed by atoms with E-state index in [1.807, 2.05) is 60.8 Å². The third-order valence-electron chi connectivity index (χ3n) is 6.54. The Bertz CT molecular complexity index is 1520. The van der Waals surface area contributed by atoms with Crippen molar-refractivity contribution < 1.29 is 4.79 Å². The largest absolute Gasteiger partial charge is 0.320 e. The molecule has 6 nitrogen and oxygen atoms in total. The number of pyridine rings is 2. The van der Waals surface area contributed by atoms with Crippen LogP contribution in [-0.2, 0) is 6.42 Å². The molecule has 35 heavy (non-hydrogen) atoms. The van der Waals surface area contributed by atoms with Gasteiger partial charge in [-0.25, -0.2) is 15.0 Å². The summed E-state index contributed by atoms with van der Waals surface area (Å²) in [5, 5.41) is 8.32. The van der Waals surface area contributed by atoms with Crippen molar-refractivity contribution in [3.05, 3.63) is 84.2 Å². The van der Waals surface area contributed by atoms with Crippen LogP contribution >= 0.6 is 11.3 Å². The molecule has 0 aliphatic carbocycles. The number of para-hydroxylation sites is 2. The molecular weight excluding hydrogens is 454 g/mol. The van der Waals surface area contributed by atoms with Gasteiger partial charge in [-0.1, -0.05) is 47.7 Å². The van der Waals surface area contributed by atoms with Crippen molar-refractivity contribution in [2.45, 2.75) is 19.3 Å². The first-order valence-electron chi connectivity index (χ1n) is 12.0. The molecule has 1 atom stereocenters. The summed E-state index contributed by atoms with van der Waals surface area (Å²) in [5.41, 5.74) is 4.90.